The van der Waals surface area contributed by atoms with Crippen LogP contribution in [0.4, 0.5) is 0 Å². The van der Waals surface area contributed by atoms with Crippen molar-refractivity contribution < 1.29 is 19.8 Å². The van der Waals surface area contributed by atoms with E-state index in [1.807, 2.05) is 54.8 Å². The molecule has 3 aromatic carbocycles. The van der Waals surface area contributed by atoms with Gasteiger partial charge in [0, 0.05) is 30.8 Å². The van der Waals surface area contributed by atoms with Gasteiger partial charge in [0.2, 0.25) is 0 Å². The van der Waals surface area contributed by atoms with Crippen LogP contribution in [0.3, 0.4) is 0 Å². The fraction of sp³-hybridized carbons (Fsp3) is 0.273. The Morgan fingerprint density at radius 3 is 2.29 bits per heavy atom. The molecule has 2 aromatic heterocycles. The number of hydrogen-bond acceptors (Lipinski definition) is 4. The van der Waals surface area contributed by atoms with Gasteiger partial charge in [-0.3, -0.25) is 4.79 Å². The van der Waals surface area contributed by atoms with E-state index in [9.17, 15) is 19.8 Å². The van der Waals surface area contributed by atoms with E-state index >= 15 is 0 Å². The first-order chi connectivity index (χ1) is 19.7. The quantitative estimate of drug-likeness (QED) is 0.201. The Kier molecular flexibility index (Phi) is 7.75. The number of aryl methyl sites for hydroxylation is 3. The number of aliphatic carboxylic acids is 1. The zero-order valence-electron chi connectivity index (χ0n) is 23.8. The predicted molar refractivity (Wildman–Crippen MR) is 159 cm³/mol. The normalized spacial score (nSPS) is 11.3. The summed E-state index contributed by atoms with van der Waals surface area (Å²) in [7, 11) is 0. The standard InChI is InChI=1S/C33H34N4O4/c1-5-8-29-35-31-20(2)17-25(32-34-21(3)22(4)36(32)16-15-30(38)39)18-28(31)37(29)19-23-11-13-24(14-12-23)26-9-6-7-10-27(26)33(40)41/h6-7,9-14,17-18H,5,8,15-16,19H2,1-4H3,(H,38,39)(H,40,41). The van der Waals surface area contributed by atoms with Crippen molar-refractivity contribution in [3.8, 4) is 22.5 Å². The maximum absolute atomic E-state index is 11.7. The van der Waals surface area contributed by atoms with Crippen molar-refractivity contribution in [1.29, 1.82) is 0 Å². The summed E-state index contributed by atoms with van der Waals surface area (Å²) in [6.07, 6.45) is 1.81. The molecule has 41 heavy (non-hydrogen) atoms. The fourth-order valence-electron chi connectivity index (χ4n) is 5.41. The number of imidazole rings is 2. The maximum atomic E-state index is 11.7. The zero-order valence-corrected chi connectivity index (χ0v) is 23.8. The molecule has 8 nitrogen and oxygen atoms in total. The molecule has 0 unspecified atom stereocenters. The Morgan fingerprint density at radius 2 is 1.61 bits per heavy atom. The second kappa shape index (κ2) is 11.4. The average molecular weight is 551 g/mol. The molecule has 0 fully saturated rings. The Balaban J connectivity index is 1.56. The second-order valence-electron chi connectivity index (χ2n) is 10.5. The molecule has 0 saturated heterocycles. The third kappa shape index (κ3) is 5.50. The van der Waals surface area contributed by atoms with E-state index in [2.05, 4.69) is 30.5 Å². The van der Waals surface area contributed by atoms with Crippen LogP contribution in [-0.4, -0.2) is 41.3 Å². The SMILES string of the molecule is CCCc1nc2c(C)cc(-c3nc(C)c(C)n3CCC(=O)O)cc2n1Cc1ccc(-c2ccccc2C(=O)O)cc1. The van der Waals surface area contributed by atoms with E-state index in [-0.39, 0.29) is 12.0 Å². The topological polar surface area (TPSA) is 110 Å². The van der Waals surface area contributed by atoms with E-state index < -0.39 is 11.9 Å². The third-order valence-corrected chi connectivity index (χ3v) is 7.63. The van der Waals surface area contributed by atoms with Gasteiger partial charge in [0.25, 0.3) is 0 Å². The molecule has 0 bridgehead atoms. The number of benzene rings is 3. The highest BCUT2D eigenvalue weighted by atomic mass is 16.4. The first kappa shape index (κ1) is 27.8. The molecule has 0 radical (unpaired) electrons. The van der Waals surface area contributed by atoms with Crippen LogP contribution >= 0.6 is 0 Å². The fourth-order valence-corrected chi connectivity index (χ4v) is 5.41. The summed E-state index contributed by atoms with van der Waals surface area (Å²) in [5, 5.41) is 18.9. The van der Waals surface area contributed by atoms with Gasteiger partial charge in [-0.05, 0) is 67.6 Å². The summed E-state index contributed by atoms with van der Waals surface area (Å²) in [5.41, 5.74) is 8.67. The van der Waals surface area contributed by atoms with Crippen LogP contribution in [0.15, 0.2) is 60.7 Å². The molecular formula is C33H34N4O4. The first-order valence-electron chi connectivity index (χ1n) is 13.8. The van der Waals surface area contributed by atoms with Crippen LogP contribution in [0, 0.1) is 20.8 Å². The lowest BCUT2D eigenvalue weighted by Crippen LogP contribution is -2.08. The number of hydrogen-bond donors (Lipinski definition) is 2. The highest BCUT2D eigenvalue weighted by molar-refractivity contribution is 5.96. The first-order valence-corrected chi connectivity index (χ1v) is 13.8. The number of carboxylic acid groups (broad SMARTS) is 2. The Morgan fingerprint density at radius 1 is 0.878 bits per heavy atom. The van der Waals surface area contributed by atoms with Gasteiger partial charge in [-0.1, -0.05) is 49.4 Å². The molecule has 5 rings (SSSR count). The van der Waals surface area contributed by atoms with Crippen LogP contribution in [0.1, 0.15) is 58.5 Å². The van der Waals surface area contributed by atoms with Crippen molar-refractivity contribution in [2.24, 2.45) is 0 Å². The number of fused-ring (bicyclic) bond motifs is 1. The Labute approximate surface area is 238 Å². The van der Waals surface area contributed by atoms with Gasteiger partial charge >= 0.3 is 11.9 Å². The maximum Gasteiger partial charge on any atom is 0.336 e. The minimum atomic E-state index is -0.945. The van der Waals surface area contributed by atoms with Crippen LogP contribution in [-0.2, 0) is 24.3 Å². The van der Waals surface area contributed by atoms with E-state index in [0.717, 1.165) is 69.2 Å². The summed E-state index contributed by atoms with van der Waals surface area (Å²) >= 11 is 0. The molecule has 8 heteroatoms. The smallest absolute Gasteiger partial charge is 0.336 e. The number of aromatic nitrogens is 4. The number of nitrogens with zero attached hydrogens (tertiary/aromatic N) is 4. The summed E-state index contributed by atoms with van der Waals surface area (Å²) in [4.78, 5) is 32.9. The number of rotatable bonds is 10. The largest absolute Gasteiger partial charge is 0.481 e. The van der Waals surface area contributed by atoms with Crippen molar-refractivity contribution in [1.82, 2.24) is 19.1 Å². The molecule has 2 heterocycles. The highest BCUT2D eigenvalue weighted by Gasteiger charge is 2.19. The average Bonchev–Trinajstić information content (AvgIpc) is 3.44. The lowest BCUT2D eigenvalue weighted by atomic mass is 9.98. The predicted octanol–water partition coefficient (Wildman–Crippen LogP) is 6.67. The monoisotopic (exact) mass is 550 g/mol. The molecule has 0 aliphatic heterocycles. The lowest BCUT2D eigenvalue weighted by Gasteiger charge is -2.13. The highest BCUT2D eigenvalue weighted by Crippen LogP contribution is 2.31. The van der Waals surface area contributed by atoms with Crippen molar-refractivity contribution >= 4 is 23.0 Å². The molecule has 0 spiro atoms. The minimum absolute atomic E-state index is 0.0242. The van der Waals surface area contributed by atoms with Crippen LogP contribution < -0.4 is 0 Å². The minimum Gasteiger partial charge on any atom is -0.481 e. The van der Waals surface area contributed by atoms with Gasteiger partial charge in [0.1, 0.15) is 11.6 Å². The molecular weight excluding hydrogens is 516 g/mol. The lowest BCUT2D eigenvalue weighted by molar-refractivity contribution is -0.137. The van der Waals surface area contributed by atoms with Crippen LogP contribution in [0.25, 0.3) is 33.5 Å². The van der Waals surface area contributed by atoms with E-state index in [4.69, 9.17) is 9.97 Å². The van der Waals surface area contributed by atoms with Crippen molar-refractivity contribution in [3.63, 3.8) is 0 Å². The van der Waals surface area contributed by atoms with Gasteiger partial charge in [-0.2, -0.15) is 0 Å². The van der Waals surface area contributed by atoms with Crippen molar-refractivity contribution in [3.05, 3.63) is 94.6 Å². The van der Waals surface area contributed by atoms with E-state index in [1.165, 1.54) is 0 Å². The Hall–Kier alpha value is -4.72. The van der Waals surface area contributed by atoms with Gasteiger partial charge in [-0.15, -0.1) is 0 Å². The zero-order chi connectivity index (χ0) is 29.3. The molecule has 5 aromatic rings. The molecule has 210 valence electrons. The van der Waals surface area contributed by atoms with Crippen LogP contribution in [0.5, 0.6) is 0 Å². The van der Waals surface area contributed by atoms with Crippen molar-refractivity contribution in [2.75, 3.05) is 0 Å². The van der Waals surface area contributed by atoms with Crippen LogP contribution in [0.2, 0.25) is 0 Å². The van der Waals surface area contributed by atoms with E-state index in [0.29, 0.717) is 18.7 Å². The molecule has 0 saturated carbocycles. The number of carbonyl (C=O) groups is 2. The number of carboxylic acids is 2. The third-order valence-electron chi connectivity index (χ3n) is 7.63. The second-order valence-corrected chi connectivity index (χ2v) is 10.5. The summed E-state index contributed by atoms with van der Waals surface area (Å²) < 4.78 is 4.24. The van der Waals surface area contributed by atoms with Gasteiger partial charge in [-0.25, -0.2) is 14.8 Å². The summed E-state index contributed by atoms with van der Waals surface area (Å²) in [6.45, 7) is 9.08. The summed E-state index contributed by atoms with van der Waals surface area (Å²) in [5.74, 6) is -0.0193. The Bertz CT molecular complexity index is 1760. The summed E-state index contributed by atoms with van der Waals surface area (Å²) in [6, 6.07) is 19.3. The molecule has 0 aliphatic carbocycles. The molecule has 0 amide bonds. The van der Waals surface area contributed by atoms with E-state index in [1.54, 1.807) is 12.1 Å². The number of aromatic carboxylic acids is 1. The molecule has 0 atom stereocenters. The van der Waals surface area contributed by atoms with Gasteiger partial charge < -0.3 is 19.3 Å². The molecule has 2 N–H and O–H groups in total. The van der Waals surface area contributed by atoms with Gasteiger partial charge in [0.05, 0.1) is 28.7 Å². The molecule has 0 aliphatic rings. The van der Waals surface area contributed by atoms with Crippen molar-refractivity contribution in [2.45, 2.75) is 60.0 Å². The van der Waals surface area contributed by atoms with Gasteiger partial charge in [0.15, 0.2) is 0 Å².